The molecule has 0 fully saturated rings. The number of ether oxygens (including phenoxy) is 1. The molecule has 0 unspecified atom stereocenters. The van der Waals surface area contributed by atoms with Gasteiger partial charge in [0.2, 0.25) is 0 Å². The molecule has 0 atom stereocenters. The number of nitrogens with zero attached hydrogens (tertiary/aromatic N) is 1. The lowest BCUT2D eigenvalue weighted by atomic mass is 10.2. The molecular formula is C12H18ClNO2. The Hall–Kier alpha value is -0.770. The summed E-state index contributed by atoms with van der Waals surface area (Å²) in [6, 6.07) is 5.28. The van der Waals surface area contributed by atoms with Gasteiger partial charge in [-0.15, -0.1) is 0 Å². The van der Waals surface area contributed by atoms with Crippen molar-refractivity contribution in [1.82, 2.24) is 4.90 Å². The Labute approximate surface area is 102 Å². The Morgan fingerprint density at radius 1 is 1.44 bits per heavy atom. The minimum Gasteiger partial charge on any atom is -0.506 e. The molecule has 0 aliphatic heterocycles. The molecule has 0 aliphatic rings. The number of hydrogen-bond donors (Lipinski definition) is 1. The number of rotatable bonds is 6. The molecule has 1 rings (SSSR count). The largest absolute Gasteiger partial charge is 0.506 e. The molecule has 1 aromatic rings. The fourth-order valence-corrected chi connectivity index (χ4v) is 1.61. The van der Waals surface area contributed by atoms with Crippen molar-refractivity contribution in [3.63, 3.8) is 0 Å². The van der Waals surface area contributed by atoms with Gasteiger partial charge in [-0.25, -0.2) is 0 Å². The van der Waals surface area contributed by atoms with Crippen LogP contribution in [0.25, 0.3) is 0 Å². The van der Waals surface area contributed by atoms with Crippen LogP contribution >= 0.6 is 11.6 Å². The maximum atomic E-state index is 9.29. The zero-order chi connectivity index (χ0) is 12.0. The van der Waals surface area contributed by atoms with Crippen molar-refractivity contribution in [2.75, 3.05) is 26.8 Å². The molecule has 0 aromatic heterocycles. The molecule has 0 saturated heterocycles. The molecule has 90 valence electrons. The summed E-state index contributed by atoms with van der Waals surface area (Å²) in [4.78, 5) is 2.15. The average Bonchev–Trinajstić information content (AvgIpc) is 2.24. The molecular weight excluding hydrogens is 226 g/mol. The number of benzene rings is 1. The smallest absolute Gasteiger partial charge is 0.134 e. The average molecular weight is 244 g/mol. The van der Waals surface area contributed by atoms with Gasteiger partial charge in [-0.05, 0) is 31.7 Å². The Morgan fingerprint density at radius 2 is 2.19 bits per heavy atom. The Balaban J connectivity index is 2.43. The van der Waals surface area contributed by atoms with Crippen LogP contribution in [0.2, 0.25) is 5.02 Å². The van der Waals surface area contributed by atoms with Gasteiger partial charge in [-0.2, -0.15) is 0 Å². The molecule has 1 aromatic carbocycles. The van der Waals surface area contributed by atoms with Crippen LogP contribution in [-0.4, -0.2) is 36.8 Å². The fourth-order valence-electron chi connectivity index (χ4n) is 1.40. The molecule has 0 heterocycles. The minimum absolute atomic E-state index is 0.127. The summed E-state index contributed by atoms with van der Waals surface area (Å²) >= 11 is 5.83. The first-order valence-corrected chi connectivity index (χ1v) is 5.75. The Bertz CT molecular complexity index is 331. The summed E-state index contributed by atoms with van der Waals surface area (Å²) in [7, 11) is 2.03. The number of phenolic OH excluding ortho intramolecular Hbond substituents is 1. The van der Waals surface area contributed by atoms with Crippen LogP contribution in [0.15, 0.2) is 18.2 Å². The molecule has 0 aliphatic carbocycles. The van der Waals surface area contributed by atoms with Crippen molar-refractivity contribution in [1.29, 1.82) is 0 Å². The fraction of sp³-hybridized carbons (Fsp3) is 0.500. The predicted molar refractivity (Wildman–Crippen MR) is 65.9 cm³/mol. The molecule has 16 heavy (non-hydrogen) atoms. The van der Waals surface area contributed by atoms with E-state index in [1.807, 2.05) is 20.0 Å². The van der Waals surface area contributed by atoms with Crippen LogP contribution in [0.4, 0.5) is 0 Å². The van der Waals surface area contributed by atoms with E-state index in [0.29, 0.717) is 5.02 Å². The van der Waals surface area contributed by atoms with E-state index >= 15 is 0 Å². The number of hydrogen-bond acceptors (Lipinski definition) is 3. The maximum Gasteiger partial charge on any atom is 0.134 e. The minimum atomic E-state index is 0.127. The van der Waals surface area contributed by atoms with Gasteiger partial charge < -0.3 is 9.84 Å². The highest BCUT2D eigenvalue weighted by atomic mass is 35.5. The van der Waals surface area contributed by atoms with E-state index in [0.717, 1.165) is 31.9 Å². The van der Waals surface area contributed by atoms with Crippen LogP contribution in [0, 0.1) is 0 Å². The first-order valence-electron chi connectivity index (χ1n) is 5.37. The summed E-state index contributed by atoms with van der Waals surface area (Å²) in [5.41, 5.74) is 1.08. The standard InChI is InChI=1S/C12H18ClNO2/c1-3-16-7-6-14(2)9-10-4-5-12(15)11(13)8-10/h4-5,8,15H,3,6-7,9H2,1-2H3. The third-order valence-corrected chi connectivity index (χ3v) is 2.59. The van der Waals surface area contributed by atoms with E-state index in [1.54, 1.807) is 12.1 Å². The number of halogens is 1. The molecule has 0 saturated carbocycles. The molecule has 1 N–H and O–H groups in total. The number of aromatic hydroxyl groups is 1. The highest BCUT2D eigenvalue weighted by Gasteiger charge is 2.03. The Kier molecular flexibility index (Phi) is 5.60. The van der Waals surface area contributed by atoms with Crippen molar-refractivity contribution in [2.24, 2.45) is 0 Å². The summed E-state index contributed by atoms with van der Waals surface area (Å²) in [6.45, 7) is 5.15. The van der Waals surface area contributed by atoms with Gasteiger partial charge in [0, 0.05) is 19.7 Å². The van der Waals surface area contributed by atoms with Gasteiger partial charge >= 0.3 is 0 Å². The van der Waals surface area contributed by atoms with Gasteiger partial charge in [-0.3, -0.25) is 4.90 Å². The molecule has 0 radical (unpaired) electrons. The van der Waals surface area contributed by atoms with Crippen LogP contribution in [0.3, 0.4) is 0 Å². The van der Waals surface area contributed by atoms with Crippen LogP contribution in [0.1, 0.15) is 12.5 Å². The molecule has 0 bridgehead atoms. The summed E-state index contributed by atoms with van der Waals surface area (Å²) in [5.74, 6) is 0.127. The van der Waals surface area contributed by atoms with Gasteiger partial charge in [0.25, 0.3) is 0 Å². The SMILES string of the molecule is CCOCCN(C)Cc1ccc(O)c(Cl)c1. The highest BCUT2D eigenvalue weighted by Crippen LogP contribution is 2.23. The first kappa shape index (κ1) is 13.3. The number of likely N-dealkylation sites (N-methyl/N-ethyl adjacent to an activating group) is 1. The lowest BCUT2D eigenvalue weighted by Crippen LogP contribution is -2.22. The van der Waals surface area contributed by atoms with Gasteiger partial charge in [0.15, 0.2) is 0 Å². The van der Waals surface area contributed by atoms with Crippen molar-refractivity contribution >= 4 is 11.6 Å². The number of phenols is 1. The third kappa shape index (κ3) is 4.39. The molecule has 0 amide bonds. The van der Waals surface area contributed by atoms with E-state index in [-0.39, 0.29) is 5.75 Å². The monoisotopic (exact) mass is 243 g/mol. The topological polar surface area (TPSA) is 32.7 Å². The van der Waals surface area contributed by atoms with E-state index in [1.165, 1.54) is 0 Å². The van der Waals surface area contributed by atoms with Gasteiger partial charge in [-0.1, -0.05) is 17.7 Å². The summed E-state index contributed by atoms with van der Waals surface area (Å²) < 4.78 is 5.28. The van der Waals surface area contributed by atoms with Crippen molar-refractivity contribution < 1.29 is 9.84 Å². The zero-order valence-electron chi connectivity index (χ0n) is 9.74. The summed E-state index contributed by atoms with van der Waals surface area (Å²) in [5, 5.41) is 9.68. The van der Waals surface area contributed by atoms with E-state index in [9.17, 15) is 5.11 Å². The van der Waals surface area contributed by atoms with Crippen LogP contribution in [-0.2, 0) is 11.3 Å². The van der Waals surface area contributed by atoms with Crippen molar-refractivity contribution in [3.05, 3.63) is 28.8 Å². The van der Waals surface area contributed by atoms with E-state index in [4.69, 9.17) is 16.3 Å². The second-order valence-electron chi connectivity index (χ2n) is 3.72. The van der Waals surface area contributed by atoms with Gasteiger partial charge in [0.05, 0.1) is 11.6 Å². The van der Waals surface area contributed by atoms with Crippen molar-refractivity contribution in [2.45, 2.75) is 13.5 Å². The predicted octanol–water partition coefficient (Wildman–Crippen LogP) is 2.51. The van der Waals surface area contributed by atoms with Gasteiger partial charge in [0.1, 0.15) is 5.75 Å². The zero-order valence-corrected chi connectivity index (χ0v) is 10.5. The lowest BCUT2D eigenvalue weighted by Gasteiger charge is -2.16. The first-order chi connectivity index (χ1) is 7.63. The normalized spacial score (nSPS) is 11.0. The summed E-state index contributed by atoms with van der Waals surface area (Å²) in [6.07, 6.45) is 0. The lowest BCUT2D eigenvalue weighted by molar-refractivity contribution is 0.120. The molecule has 0 spiro atoms. The molecule has 3 nitrogen and oxygen atoms in total. The second kappa shape index (κ2) is 6.74. The Morgan fingerprint density at radius 3 is 2.81 bits per heavy atom. The molecule has 4 heteroatoms. The quantitative estimate of drug-likeness (QED) is 0.780. The van der Waals surface area contributed by atoms with Crippen LogP contribution < -0.4 is 0 Å². The van der Waals surface area contributed by atoms with Crippen molar-refractivity contribution in [3.8, 4) is 5.75 Å². The third-order valence-electron chi connectivity index (χ3n) is 2.29. The highest BCUT2D eigenvalue weighted by molar-refractivity contribution is 6.32. The van der Waals surface area contributed by atoms with E-state index < -0.39 is 0 Å². The maximum absolute atomic E-state index is 9.29. The van der Waals surface area contributed by atoms with Crippen LogP contribution in [0.5, 0.6) is 5.75 Å². The second-order valence-corrected chi connectivity index (χ2v) is 4.13. The van der Waals surface area contributed by atoms with E-state index in [2.05, 4.69) is 4.90 Å².